The Kier molecular flexibility index (Phi) is 6.63. The van der Waals surface area contributed by atoms with Crippen LogP contribution in [0, 0.1) is 0 Å². The smallest absolute Gasteiger partial charge is 0.251 e. The number of guanidine groups is 1. The van der Waals surface area contributed by atoms with Gasteiger partial charge in [-0.3, -0.25) is 9.79 Å². The van der Waals surface area contributed by atoms with Crippen LogP contribution in [0.4, 0.5) is 0 Å². The average Bonchev–Trinajstić information content (AvgIpc) is 2.62. The van der Waals surface area contributed by atoms with Gasteiger partial charge in [0.25, 0.3) is 5.91 Å². The molecule has 0 radical (unpaired) electrons. The lowest BCUT2D eigenvalue weighted by molar-refractivity contribution is 0.0963. The Morgan fingerprint density at radius 2 is 1.83 bits per heavy atom. The summed E-state index contributed by atoms with van der Waals surface area (Å²) < 4.78 is 0. The lowest BCUT2D eigenvalue weighted by Crippen LogP contribution is -2.36. The van der Waals surface area contributed by atoms with Crippen molar-refractivity contribution in [2.75, 3.05) is 14.1 Å². The second kappa shape index (κ2) is 8.93. The van der Waals surface area contributed by atoms with Crippen LogP contribution in [0.2, 0.25) is 5.02 Å². The van der Waals surface area contributed by atoms with Gasteiger partial charge in [0.05, 0.1) is 0 Å². The van der Waals surface area contributed by atoms with Gasteiger partial charge in [0.1, 0.15) is 0 Å². The van der Waals surface area contributed by atoms with Crippen molar-refractivity contribution in [3.05, 3.63) is 70.2 Å². The molecule has 0 aliphatic rings. The minimum atomic E-state index is -0.0990. The molecule has 0 saturated heterocycles. The summed E-state index contributed by atoms with van der Waals surface area (Å²) in [6.45, 7) is 1.14. The fourth-order valence-electron chi connectivity index (χ4n) is 2.19. The molecule has 0 spiro atoms. The molecular weight excluding hydrogens is 324 g/mol. The summed E-state index contributed by atoms with van der Waals surface area (Å²) in [6, 6.07) is 15.1. The molecule has 2 rings (SSSR count). The summed E-state index contributed by atoms with van der Waals surface area (Å²) in [7, 11) is 3.33. The largest absolute Gasteiger partial charge is 0.355 e. The number of hydrogen-bond acceptors (Lipinski definition) is 2. The summed E-state index contributed by atoms with van der Waals surface area (Å²) in [5, 5.41) is 9.79. The van der Waals surface area contributed by atoms with Gasteiger partial charge in [-0.2, -0.15) is 0 Å². The number of carbonyl (C=O) groups is 1. The molecule has 0 aliphatic heterocycles. The van der Waals surface area contributed by atoms with Crippen molar-refractivity contribution >= 4 is 23.5 Å². The zero-order valence-corrected chi connectivity index (χ0v) is 14.5. The Balaban J connectivity index is 1.92. The number of aliphatic imine (C=N–C) groups is 1. The van der Waals surface area contributed by atoms with Crippen LogP contribution in [0.25, 0.3) is 0 Å². The molecule has 0 unspecified atom stereocenters. The maximum absolute atomic E-state index is 11.7. The van der Waals surface area contributed by atoms with Gasteiger partial charge in [0.15, 0.2) is 5.96 Å². The van der Waals surface area contributed by atoms with Crippen molar-refractivity contribution in [3.8, 4) is 0 Å². The molecule has 2 aromatic carbocycles. The zero-order valence-electron chi connectivity index (χ0n) is 13.8. The van der Waals surface area contributed by atoms with Crippen molar-refractivity contribution in [2.24, 2.45) is 4.99 Å². The van der Waals surface area contributed by atoms with Crippen LogP contribution in [0.5, 0.6) is 0 Å². The van der Waals surface area contributed by atoms with Crippen LogP contribution in [0.15, 0.2) is 53.5 Å². The Morgan fingerprint density at radius 3 is 2.54 bits per heavy atom. The highest BCUT2D eigenvalue weighted by molar-refractivity contribution is 6.31. The predicted octanol–water partition coefficient (Wildman–Crippen LogP) is 2.56. The van der Waals surface area contributed by atoms with E-state index in [9.17, 15) is 4.79 Å². The first-order valence-corrected chi connectivity index (χ1v) is 8.00. The highest BCUT2D eigenvalue weighted by atomic mass is 35.5. The number of nitrogens with one attached hydrogen (secondary N) is 3. The molecule has 0 aliphatic carbocycles. The van der Waals surface area contributed by atoms with Crippen LogP contribution in [0.3, 0.4) is 0 Å². The van der Waals surface area contributed by atoms with Crippen molar-refractivity contribution < 1.29 is 4.79 Å². The van der Waals surface area contributed by atoms with Gasteiger partial charge >= 0.3 is 0 Å². The first-order valence-electron chi connectivity index (χ1n) is 7.63. The van der Waals surface area contributed by atoms with E-state index in [0.29, 0.717) is 24.6 Å². The summed E-state index contributed by atoms with van der Waals surface area (Å²) in [6.07, 6.45) is 0. The second-order valence-corrected chi connectivity index (χ2v) is 5.56. The molecular formula is C18H21ClN4O. The summed E-state index contributed by atoms with van der Waals surface area (Å²) in [5.74, 6) is 0.568. The lowest BCUT2D eigenvalue weighted by Gasteiger charge is -2.13. The molecule has 126 valence electrons. The van der Waals surface area contributed by atoms with Crippen LogP contribution in [-0.2, 0) is 13.1 Å². The Bertz CT molecular complexity index is 730. The Morgan fingerprint density at radius 1 is 1.08 bits per heavy atom. The maximum atomic E-state index is 11.7. The number of carbonyl (C=O) groups excluding carboxylic acids is 1. The third-order valence-electron chi connectivity index (χ3n) is 3.50. The average molecular weight is 345 g/mol. The van der Waals surface area contributed by atoms with E-state index in [2.05, 4.69) is 20.9 Å². The van der Waals surface area contributed by atoms with Crippen molar-refractivity contribution in [1.29, 1.82) is 0 Å². The van der Waals surface area contributed by atoms with E-state index in [1.807, 2.05) is 42.5 Å². The van der Waals surface area contributed by atoms with Gasteiger partial charge in [-0.15, -0.1) is 0 Å². The summed E-state index contributed by atoms with van der Waals surface area (Å²) in [4.78, 5) is 15.9. The number of rotatable bonds is 5. The van der Waals surface area contributed by atoms with E-state index >= 15 is 0 Å². The van der Waals surface area contributed by atoms with Gasteiger partial charge in [0, 0.05) is 37.8 Å². The van der Waals surface area contributed by atoms with Gasteiger partial charge in [-0.1, -0.05) is 41.9 Å². The fraction of sp³-hybridized carbons (Fsp3) is 0.222. The minimum absolute atomic E-state index is 0.0990. The molecule has 5 nitrogen and oxygen atoms in total. The highest BCUT2D eigenvalue weighted by Gasteiger charge is 2.05. The first kappa shape index (κ1) is 17.8. The van der Waals surface area contributed by atoms with Crippen LogP contribution in [0.1, 0.15) is 21.5 Å². The molecule has 3 N–H and O–H groups in total. The van der Waals surface area contributed by atoms with E-state index in [1.54, 1.807) is 20.2 Å². The Labute approximate surface area is 147 Å². The van der Waals surface area contributed by atoms with Crippen molar-refractivity contribution in [2.45, 2.75) is 13.1 Å². The molecule has 6 heteroatoms. The Hall–Kier alpha value is -2.53. The highest BCUT2D eigenvalue weighted by Crippen LogP contribution is 2.14. The molecule has 24 heavy (non-hydrogen) atoms. The molecule has 0 aromatic heterocycles. The lowest BCUT2D eigenvalue weighted by atomic mass is 10.1. The standard InChI is InChI=1S/C18H21ClN4O/c1-20-17(24)14-8-5-6-13(10-14)11-22-18(21-2)23-12-15-7-3-4-9-16(15)19/h3-10H,11-12H2,1-2H3,(H,20,24)(H2,21,22,23). The number of amides is 1. The predicted molar refractivity (Wildman–Crippen MR) is 98.3 cm³/mol. The van der Waals surface area contributed by atoms with E-state index in [1.165, 1.54) is 0 Å². The minimum Gasteiger partial charge on any atom is -0.355 e. The summed E-state index contributed by atoms with van der Waals surface area (Å²) in [5.41, 5.74) is 2.64. The van der Waals surface area contributed by atoms with Crippen LogP contribution < -0.4 is 16.0 Å². The second-order valence-electron chi connectivity index (χ2n) is 5.15. The number of benzene rings is 2. The third-order valence-corrected chi connectivity index (χ3v) is 3.87. The van der Waals surface area contributed by atoms with E-state index < -0.39 is 0 Å². The maximum Gasteiger partial charge on any atom is 0.251 e. The quantitative estimate of drug-likeness (QED) is 0.577. The normalized spacial score (nSPS) is 11.0. The number of hydrogen-bond donors (Lipinski definition) is 3. The summed E-state index contributed by atoms with van der Waals surface area (Å²) >= 11 is 6.15. The molecule has 0 bridgehead atoms. The van der Waals surface area contributed by atoms with Crippen molar-refractivity contribution in [3.63, 3.8) is 0 Å². The number of nitrogens with zero attached hydrogens (tertiary/aromatic N) is 1. The molecule has 0 fully saturated rings. The molecule has 1 amide bonds. The van der Waals surface area contributed by atoms with Gasteiger partial charge in [0.2, 0.25) is 0 Å². The van der Waals surface area contributed by atoms with E-state index in [0.717, 1.165) is 16.1 Å². The monoisotopic (exact) mass is 344 g/mol. The molecule has 0 heterocycles. The molecule has 0 atom stereocenters. The topological polar surface area (TPSA) is 65.5 Å². The fourth-order valence-corrected chi connectivity index (χ4v) is 2.40. The molecule has 0 saturated carbocycles. The van der Waals surface area contributed by atoms with E-state index in [-0.39, 0.29) is 5.91 Å². The van der Waals surface area contributed by atoms with Gasteiger partial charge in [-0.05, 0) is 29.3 Å². The first-order chi connectivity index (χ1) is 11.6. The van der Waals surface area contributed by atoms with Crippen LogP contribution in [-0.4, -0.2) is 26.0 Å². The zero-order chi connectivity index (χ0) is 17.4. The molecule has 2 aromatic rings. The number of halogens is 1. The SMILES string of the molecule is CN=C(NCc1cccc(C(=O)NC)c1)NCc1ccccc1Cl. The van der Waals surface area contributed by atoms with Crippen LogP contribution >= 0.6 is 11.6 Å². The van der Waals surface area contributed by atoms with Gasteiger partial charge < -0.3 is 16.0 Å². The third kappa shape index (κ3) is 4.99. The van der Waals surface area contributed by atoms with Crippen molar-refractivity contribution in [1.82, 2.24) is 16.0 Å². The van der Waals surface area contributed by atoms with Gasteiger partial charge in [-0.25, -0.2) is 0 Å². The van der Waals surface area contributed by atoms with E-state index in [4.69, 9.17) is 11.6 Å².